The maximum atomic E-state index is 12.1. The predicted molar refractivity (Wildman–Crippen MR) is 101 cm³/mol. The van der Waals surface area contributed by atoms with E-state index < -0.39 is 11.8 Å². The van der Waals surface area contributed by atoms with Crippen molar-refractivity contribution in [1.29, 1.82) is 0 Å². The summed E-state index contributed by atoms with van der Waals surface area (Å²) in [6.45, 7) is 2.82. The van der Waals surface area contributed by atoms with Gasteiger partial charge in [0.2, 0.25) is 5.91 Å². The molecule has 0 spiro atoms. The minimum absolute atomic E-state index is 0.150. The van der Waals surface area contributed by atoms with Crippen molar-refractivity contribution in [2.45, 2.75) is 45.4 Å². The molecule has 3 amide bonds. The van der Waals surface area contributed by atoms with Crippen LogP contribution in [0.4, 0.5) is 0 Å². The van der Waals surface area contributed by atoms with Crippen LogP contribution in [0.25, 0.3) is 0 Å². The molecule has 2 rings (SSSR count). The number of nitrogens with one attached hydrogen (secondary N) is 2. The van der Waals surface area contributed by atoms with Crippen molar-refractivity contribution in [3.05, 3.63) is 29.8 Å². The van der Waals surface area contributed by atoms with Gasteiger partial charge in [-0.1, -0.05) is 26.2 Å². The van der Waals surface area contributed by atoms with E-state index >= 15 is 0 Å². The van der Waals surface area contributed by atoms with Gasteiger partial charge in [0.15, 0.2) is 0 Å². The first-order chi connectivity index (χ1) is 13.0. The zero-order valence-corrected chi connectivity index (χ0v) is 15.8. The minimum Gasteiger partial charge on any atom is -0.494 e. The Morgan fingerprint density at radius 3 is 2.44 bits per heavy atom. The molecule has 1 aliphatic heterocycles. The zero-order valence-electron chi connectivity index (χ0n) is 15.8. The van der Waals surface area contributed by atoms with Gasteiger partial charge in [0.1, 0.15) is 11.5 Å². The normalized spacial score (nSPS) is 13.8. The molecule has 0 saturated carbocycles. The van der Waals surface area contributed by atoms with E-state index in [-0.39, 0.29) is 24.5 Å². The Balaban J connectivity index is 1.78. The largest absolute Gasteiger partial charge is 0.494 e. The zero-order chi connectivity index (χ0) is 19.6. The van der Waals surface area contributed by atoms with Crippen molar-refractivity contribution in [3.63, 3.8) is 0 Å². The molecule has 2 N–H and O–H groups in total. The highest BCUT2D eigenvalue weighted by Gasteiger charge is 2.22. The Morgan fingerprint density at radius 1 is 1.07 bits per heavy atom. The second kappa shape index (κ2) is 10.3. The quantitative estimate of drug-likeness (QED) is 0.537. The molecule has 8 nitrogen and oxygen atoms in total. The van der Waals surface area contributed by atoms with E-state index in [1.54, 1.807) is 24.3 Å². The SMILES string of the molecule is CCCCCCOc1ccc(C(=O)NNC(=O)C2=NN(C)C(=O)CC2)cc1. The van der Waals surface area contributed by atoms with Gasteiger partial charge in [-0.15, -0.1) is 0 Å². The van der Waals surface area contributed by atoms with E-state index in [1.807, 2.05) is 0 Å². The van der Waals surface area contributed by atoms with Crippen LogP contribution in [0.3, 0.4) is 0 Å². The van der Waals surface area contributed by atoms with Crippen LogP contribution in [-0.4, -0.2) is 42.1 Å². The predicted octanol–water partition coefficient (Wildman–Crippen LogP) is 2.01. The van der Waals surface area contributed by atoms with Gasteiger partial charge in [-0.25, -0.2) is 5.01 Å². The van der Waals surface area contributed by atoms with Crippen LogP contribution in [0.2, 0.25) is 0 Å². The fourth-order valence-electron chi connectivity index (χ4n) is 2.51. The highest BCUT2D eigenvalue weighted by Crippen LogP contribution is 2.13. The van der Waals surface area contributed by atoms with Gasteiger partial charge in [0.05, 0.1) is 6.61 Å². The number of benzene rings is 1. The molecule has 0 unspecified atom stereocenters. The first-order valence-corrected chi connectivity index (χ1v) is 9.19. The van der Waals surface area contributed by atoms with Crippen LogP contribution in [0.5, 0.6) is 5.75 Å². The minimum atomic E-state index is -0.533. The number of nitrogens with zero attached hydrogens (tertiary/aromatic N) is 2. The Morgan fingerprint density at radius 2 is 1.78 bits per heavy atom. The Bertz CT molecular complexity index is 700. The lowest BCUT2D eigenvalue weighted by molar-refractivity contribution is -0.130. The first-order valence-electron chi connectivity index (χ1n) is 9.19. The van der Waals surface area contributed by atoms with Gasteiger partial charge in [-0.2, -0.15) is 5.10 Å². The number of amides is 3. The van der Waals surface area contributed by atoms with Gasteiger partial charge < -0.3 is 4.74 Å². The van der Waals surface area contributed by atoms with Crippen molar-refractivity contribution in [2.75, 3.05) is 13.7 Å². The van der Waals surface area contributed by atoms with Crippen LogP contribution in [0.1, 0.15) is 55.8 Å². The fourth-order valence-corrected chi connectivity index (χ4v) is 2.51. The third-order valence-corrected chi connectivity index (χ3v) is 4.14. The van der Waals surface area contributed by atoms with Crippen molar-refractivity contribution in [1.82, 2.24) is 15.9 Å². The lowest BCUT2D eigenvalue weighted by Gasteiger charge is -2.19. The number of hydrazine groups is 1. The second-order valence-corrected chi connectivity index (χ2v) is 6.31. The van der Waals surface area contributed by atoms with E-state index in [4.69, 9.17) is 4.74 Å². The Labute approximate surface area is 158 Å². The van der Waals surface area contributed by atoms with Gasteiger partial charge in [0, 0.05) is 25.5 Å². The molecule has 27 heavy (non-hydrogen) atoms. The summed E-state index contributed by atoms with van der Waals surface area (Å²) in [7, 11) is 1.49. The molecule has 0 atom stereocenters. The summed E-state index contributed by atoms with van der Waals surface area (Å²) in [4.78, 5) is 35.5. The Hall–Kier alpha value is -2.90. The first kappa shape index (κ1) is 20.4. The Kier molecular flexibility index (Phi) is 7.79. The molecule has 0 aliphatic carbocycles. The second-order valence-electron chi connectivity index (χ2n) is 6.31. The van der Waals surface area contributed by atoms with Crippen LogP contribution in [-0.2, 0) is 9.59 Å². The average Bonchev–Trinajstić information content (AvgIpc) is 2.68. The standard InChI is InChI=1S/C19H26N4O4/c1-3-4-5-6-13-27-15-9-7-14(8-10-15)18(25)20-21-19(26)16-11-12-17(24)23(2)22-16/h7-10H,3-6,11-13H2,1-2H3,(H,20,25)(H,21,26). The third kappa shape index (κ3) is 6.40. The number of hydrogen-bond acceptors (Lipinski definition) is 5. The molecular formula is C19H26N4O4. The van der Waals surface area contributed by atoms with Crippen molar-refractivity contribution >= 4 is 23.4 Å². The maximum Gasteiger partial charge on any atom is 0.285 e. The molecule has 0 bridgehead atoms. The van der Waals surface area contributed by atoms with E-state index in [0.717, 1.165) is 17.9 Å². The highest BCUT2D eigenvalue weighted by molar-refractivity contribution is 6.39. The molecule has 146 valence electrons. The molecule has 1 heterocycles. The van der Waals surface area contributed by atoms with E-state index in [9.17, 15) is 14.4 Å². The van der Waals surface area contributed by atoms with Gasteiger partial charge in [-0.05, 0) is 30.7 Å². The maximum absolute atomic E-state index is 12.1. The third-order valence-electron chi connectivity index (χ3n) is 4.14. The topological polar surface area (TPSA) is 100 Å². The smallest absolute Gasteiger partial charge is 0.285 e. The number of hydrogen-bond donors (Lipinski definition) is 2. The molecule has 0 saturated heterocycles. The highest BCUT2D eigenvalue weighted by atomic mass is 16.5. The van der Waals surface area contributed by atoms with Gasteiger partial charge in [0.25, 0.3) is 11.8 Å². The lowest BCUT2D eigenvalue weighted by Crippen LogP contribution is -2.46. The molecular weight excluding hydrogens is 348 g/mol. The van der Waals surface area contributed by atoms with E-state index in [2.05, 4.69) is 22.9 Å². The molecule has 0 radical (unpaired) electrons. The van der Waals surface area contributed by atoms with E-state index in [0.29, 0.717) is 17.9 Å². The van der Waals surface area contributed by atoms with Crippen molar-refractivity contribution in [2.24, 2.45) is 5.10 Å². The number of rotatable bonds is 8. The van der Waals surface area contributed by atoms with Crippen molar-refractivity contribution < 1.29 is 19.1 Å². The number of ether oxygens (including phenoxy) is 1. The lowest BCUT2D eigenvalue weighted by atomic mass is 10.1. The van der Waals surface area contributed by atoms with Crippen LogP contribution < -0.4 is 15.6 Å². The molecule has 8 heteroatoms. The molecule has 1 aromatic carbocycles. The summed E-state index contributed by atoms with van der Waals surface area (Å²) in [6, 6.07) is 6.71. The summed E-state index contributed by atoms with van der Waals surface area (Å²) < 4.78 is 5.63. The summed E-state index contributed by atoms with van der Waals surface area (Å²) >= 11 is 0. The van der Waals surface area contributed by atoms with Crippen LogP contribution in [0, 0.1) is 0 Å². The number of carbonyl (C=O) groups excluding carboxylic acids is 3. The molecule has 0 aromatic heterocycles. The summed E-state index contributed by atoms with van der Waals surface area (Å²) in [5, 5.41) is 5.02. The summed E-state index contributed by atoms with van der Waals surface area (Å²) in [6.07, 6.45) is 5.00. The molecule has 0 fully saturated rings. The molecule has 1 aromatic rings. The average molecular weight is 374 g/mol. The van der Waals surface area contributed by atoms with Gasteiger partial charge in [-0.3, -0.25) is 25.2 Å². The van der Waals surface area contributed by atoms with Gasteiger partial charge >= 0.3 is 0 Å². The summed E-state index contributed by atoms with van der Waals surface area (Å²) in [5.41, 5.74) is 5.25. The molecule has 1 aliphatic rings. The number of carbonyl (C=O) groups is 3. The van der Waals surface area contributed by atoms with Crippen LogP contribution >= 0.6 is 0 Å². The fraction of sp³-hybridized carbons (Fsp3) is 0.474. The monoisotopic (exact) mass is 374 g/mol. The number of hydrazone groups is 1. The number of unbranched alkanes of at least 4 members (excludes halogenated alkanes) is 3. The van der Waals surface area contributed by atoms with Crippen LogP contribution in [0.15, 0.2) is 29.4 Å². The van der Waals surface area contributed by atoms with E-state index in [1.165, 1.54) is 19.9 Å². The summed E-state index contributed by atoms with van der Waals surface area (Å²) in [5.74, 6) is -0.423. The van der Waals surface area contributed by atoms with Crippen molar-refractivity contribution in [3.8, 4) is 5.75 Å².